The van der Waals surface area contributed by atoms with E-state index in [4.69, 9.17) is 11.6 Å². The molecule has 26 heavy (non-hydrogen) atoms. The molecule has 9 heteroatoms. The maximum atomic E-state index is 13.8. The molecule has 0 saturated heterocycles. The van der Waals surface area contributed by atoms with Gasteiger partial charge in [0.05, 0.1) is 10.6 Å². The van der Waals surface area contributed by atoms with Gasteiger partial charge in [0.25, 0.3) is 5.69 Å². The van der Waals surface area contributed by atoms with E-state index in [1.807, 2.05) is 0 Å². The summed E-state index contributed by atoms with van der Waals surface area (Å²) in [6.45, 7) is 1.30. The van der Waals surface area contributed by atoms with Gasteiger partial charge < -0.3 is 10.6 Å². The second-order valence-corrected chi connectivity index (χ2v) is 5.57. The average Bonchev–Trinajstić information content (AvgIpc) is 2.56. The summed E-state index contributed by atoms with van der Waals surface area (Å²) in [6, 6.07) is 7.78. The lowest BCUT2D eigenvalue weighted by Crippen LogP contribution is -2.11. The Balaban J connectivity index is 2.14. The number of anilines is 2. The van der Waals surface area contributed by atoms with E-state index in [0.717, 1.165) is 12.1 Å². The fourth-order valence-electron chi connectivity index (χ4n) is 2.02. The van der Waals surface area contributed by atoms with Gasteiger partial charge in [-0.15, -0.1) is 0 Å². The van der Waals surface area contributed by atoms with Crippen molar-refractivity contribution in [1.82, 2.24) is 0 Å². The Morgan fingerprint density at radius 1 is 1.19 bits per heavy atom. The van der Waals surface area contributed by atoms with Crippen LogP contribution in [0.15, 0.2) is 42.5 Å². The van der Waals surface area contributed by atoms with Crippen LogP contribution < -0.4 is 10.6 Å². The number of rotatable bonds is 5. The van der Waals surface area contributed by atoms with Crippen molar-refractivity contribution in [3.63, 3.8) is 0 Å². The number of carbonyl (C=O) groups is 2. The number of nitro benzene ring substituents is 1. The number of halogens is 2. The van der Waals surface area contributed by atoms with Crippen molar-refractivity contribution in [2.75, 3.05) is 10.6 Å². The summed E-state index contributed by atoms with van der Waals surface area (Å²) < 4.78 is 13.8. The van der Waals surface area contributed by atoms with E-state index in [9.17, 15) is 24.1 Å². The van der Waals surface area contributed by atoms with Crippen molar-refractivity contribution in [3.05, 3.63) is 69.0 Å². The molecule has 2 amide bonds. The minimum Gasteiger partial charge on any atom is -0.326 e. The average molecular weight is 378 g/mol. The third-order valence-electron chi connectivity index (χ3n) is 3.14. The number of carbonyl (C=O) groups excluding carboxylic acids is 2. The standard InChI is InChI=1S/C17H13ClFN3O4/c1-10(23)20-12-4-6-14(19)15(9-12)21-17(24)7-3-11-2-5-13(18)16(8-11)22(25)26/h2-9H,1H3,(H,20,23)(H,21,24)/b7-3+. The van der Waals surface area contributed by atoms with Crippen LogP contribution in [0.3, 0.4) is 0 Å². The van der Waals surface area contributed by atoms with Crippen LogP contribution in [0.5, 0.6) is 0 Å². The van der Waals surface area contributed by atoms with Crippen LogP contribution >= 0.6 is 11.6 Å². The Morgan fingerprint density at radius 2 is 1.92 bits per heavy atom. The fourth-order valence-corrected chi connectivity index (χ4v) is 2.21. The van der Waals surface area contributed by atoms with Crippen LogP contribution in [0.4, 0.5) is 21.5 Å². The number of nitrogens with zero attached hydrogens (tertiary/aromatic N) is 1. The third-order valence-corrected chi connectivity index (χ3v) is 3.46. The minimum atomic E-state index is -0.678. The molecular formula is C17H13ClFN3O4. The van der Waals surface area contributed by atoms with Gasteiger partial charge in [-0.1, -0.05) is 17.7 Å². The first-order valence-electron chi connectivity index (χ1n) is 7.26. The molecular weight excluding hydrogens is 365 g/mol. The second kappa shape index (κ2) is 8.21. The van der Waals surface area contributed by atoms with E-state index < -0.39 is 16.6 Å². The zero-order valence-corrected chi connectivity index (χ0v) is 14.2. The SMILES string of the molecule is CC(=O)Nc1ccc(F)c(NC(=O)/C=C/c2ccc(Cl)c([N+](=O)[O-])c2)c1. The van der Waals surface area contributed by atoms with Crippen molar-refractivity contribution >= 4 is 46.6 Å². The molecule has 7 nitrogen and oxygen atoms in total. The summed E-state index contributed by atoms with van der Waals surface area (Å²) in [6.07, 6.45) is 2.42. The molecule has 2 aromatic carbocycles. The lowest BCUT2D eigenvalue weighted by Gasteiger charge is -2.07. The molecule has 0 aromatic heterocycles. The van der Waals surface area contributed by atoms with Crippen LogP contribution in [0.2, 0.25) is 5.02 Å². The molecule has 0 aliphatic heterocycles. The summed E-state index contributed by atoms with van der Waals surface area (Å²) >= 11 is 5.71. The van der Waals surface area contributed by atoms with Gasteiger partial charge in [0, 0.05) is 24.8 Å². The smallest absolute Gasteiger partial charge is 0.288 e. The maximum absolute atomic E-state index is 13.8. The minimum absolute atomic E-state index is 0.0199. The third kappa shape index (κ3) is 5.12. The molecule has 2 rings (SSSR count). The molecule has 0 atom stereocenters. The van der Waals surface area contributed by atoms with Crippen LogP contribution in [-0.2, 0) is 9.59 Å². The van der Waals surface area contributed by atoms with Crippen LogP contribution in [-0.4, -0.2) is 16.7 Å². The van der Waals surface area contributed by atoms with Gasteiger partial charge in [-0.2, -0.15) is 0 Å². The fraction of sp³-hybridized carbons (Fsp3) is 0.0588. The highest BCUT2D eigenvalue weighted by molar-refractivity contribution is 6.32. The summed E-state index contributed by atoms with van der Waals surface area (Å²) in [5.41, 5.74) is 0.298. The van der Waals surface area contributed by atoms with Gasteiger partial charge >= 0.3 is 0 Å². The van der Waals surface area contributed by atoms with E-state index in [-0.39, 0.29) is 22.3 Å². The van der Waals surface area contributed by atoms with E-state index >= 15 is 0 Å². The van der Waals surface area contributed by atoms with E-state index in [1.54, 1.807) is 0 Å². The number of hydrogen-bond donors (Lipinski definition) is 2. The highest BCUT2D eigenvalue weighted by atomic mass is 35.5. The number of benzene rings is 2. The highest BCUT2D eigenvalue weighted by Crippen LogP contribution is 2.25. The Bertz CT molecular complexity index is 915. The monoisotopic (exact) mass is 377 g/mol. The Kier molecular flexibility index (Phi) is 6.03. The number of hydrogen-bond acceptors (Lipinski definition) is 4. The van der Waals surface area contributed by atoms with E-state index in [1.165, 1.54) is 43.3 Å². The van der Waals surface area contributed by atoms with Gasteiger partial charge in [0.1, 0.15) is 10.8 Å². The summed E-state index contributed by atoms with van der Waals surface area (Å²) in [5, 5.41) is 15.6. The normalized spacial score (nSPS) is 10.6. The summed E-state index contributed by atoms with van der Waals surface area (Å²) in [7, 11) is 0. The molecule has 0 bridgehead atoms. The zero-order chi connectivity index (χ0) is 19.3. The van der Waals surface area contributed by atoms with Crippen LogP contribution in [0.25, 0.3) is 6.08 Å². The highest BCUT2D eigenvalue weighted by Gasteiger charge is 2.12. The first-order valence-corrected chi connectivity index (χ1v) is 7.64. The van der Waals surface area contributed by atoms with E-state index in [2.05, 4.69) is 10.6 Å². The van der Waals surface area contributed by atoms with Crippen molar-refractivity contribution in [1.29, 1.82) is 0 Å². The van der Waals surface area contributed by atoms with Crippen molar-refractivity contribution in [2.24, 2.45) is 0 Å². The molecule has 0 aliphatic carbocycles. The first kappa shape index (κ1) is 19.1. The molecule has 0 radical (unpaired) electrons. The Labute approximate surface area is 152 Å². The molecule has 2 N–H and O–H groups in total. The predicted octanol–water partition coefficient (Wildman–Crippen LogP) is 4.00. The van der Waals surface area contributed by atoms with E-state index in [0.29, 0.717) is 11.3 Å². The number of amides is 2. The molecule has 0 saturated carbocycles. The zero-order valence-electron chi connectivity index (χ0n) is 13.5. The first-order chi connectivity index (χ1) is 12.3. The maximum Gasteiger partial charge on any atom is 0.288 e. The molecule has 134 valence electrons. The molecule has 0 fully saturated rings. The number of nitro groups is 1. The number of nitrogens with one attached hydrogen (secondary N) is 2. The van der Waals surface area contributed by atoms with Gasteiger partial charge in [0.15, 0.2) is 0 Å². The van der Waals surface area contributed by atoms with Crippen molar-refractivity contribution in [3.8, 4) is 0 Å². The second-order valence-electron chi connectivity index (χ2n) is 5.17. The lowest BCUT2D eigenvalue weighted by atomic mass is 10.2. The summed E-state index contributed by atoms with van der Waals surface area (Å²) in [5.74, 6) is -1.66. The van der Waals surface area contributed by atoms with Gasteiger partial charge in [-0.3, -0.25) is 19.7 Å². The summed E-state index contributed by atoms with van der Waals surface area (Å²) in [4.78, 5) is 33.2. The van der Waals surface area contributed by atoms with Crippen molar-refractivity contribution < 1.29 is 18.9 Å². The molecule has 2 aromatic rings. The van der Waals surface area contributed by atoms with Gasteiger partial charge in [0.2, 0.25) is 11.8 Å². The topological polar surface area (TPSA) is 101 Å². The molecule has 0 spiro atoms. The Morgan fingerprint density at radius 3 is 2.58 bits per heavy atom. The quantitative estimate of drug-likeness (QED) is 0.467. The predicted molar refractivity (Wildman–Crippen MR) is 96.5 cm³/mol. The van der Waals surface area contributed by atoms with Gasteiger partial charge in [-0.25, -0.2) is 4.39 Å². The molecule has 0 heterocycles. The van der Waals surface area contributed by atoms with Crippen molar-refractivity contribution in [2.45, 2.75) is 6.92 Å². The molecule has 0 unspecified atom stereocenters. The Hall–Kier alpha value is -3.26. The lowest BCUT2D eigenvalue weighted by molar-refractivity contribution is -0.384. The molecule has 0 aliphatic rings. The van der Waals surface area contributed by atoms with Gasteiger partial charge in [-0.05, 0) is 35.9 Å². The largest absolute Gasteiger partial charge is 0.326 e. The van der Waals surface area contributed by atoms with Crippen LogP contribution in [0.1, 0.15) is 12.5 Å². The van der Waals surface area contributed by atoms with Crippen LogP contribution in [0, 0.1) is 15.9 Å².